The van der Waals surface area contributed by atoms with Crippen LogP contribution in [0.3, 0.4) is 0 Å². The molecule has 122 valence electrons. The minimum Gasteiger partial charge on any atom is -0.357 e. The maximum absolute atomic E-state index is 4.64. The third-order valence-electron chi connectivity index (χ3n) is 3.32. The Labute approximate surface area is 142 Å². The summed E-state index contributed by atoms with van der Waals surface area (Å²) in [6.07, 6.45) is 4.79. The lowest BCUT2D eigenvalue weighted by molar-refractivity contribution is 0.788. The Morgan fingerprint density at radius 3 is 2.61 bits per heavy atom. The van der Waals surface area contributed by atoms with Gasteiger partial charge in [-0.3, -0.25) is 4.98 Å². The molecule has 1 heterocycles. The van der Waals surface area contributed by atoms with Crippen LogP contribution in [-0.2, 0) is 13.0 Å². The standard InChI is InChI=1S/C18H24N4S/c1-3-19-18(21-13-11-16-6-4-5-12-20-16)22-14-15-7-9-17(23-2)10-8-15/h4-10,12H,3,11,13-14H2,1-2H3,(H2,19,21,22). The molecule has 0 aliphatic rings. The molecule has 0 saturated heterocycles. The summed E-state index contributed by atoms with van der Waals surface area (Å²) in [6, 6.07) is 14.5. The van der Waals surface area contributed by atoms with Gasteiger partial charge in [0, 0.05) is 36.3 Å². The molecule has 0 saturated carbocycles. The molecule has 0 radical (unpaired) electrons. The first-order valence-corrected chi connectivity index (χ1v) is 9.09. The van der Waals surface area contributed by atoms with Gasteiger partial charge in [-0.25, -0.2) is 4.99 Å². The predicted octanol–water partition coefficient (Wildman–Crippen LogP) is 3.10. The molecule has 0 spiro atoms. The highest BCUT2D eigenvalue weighted by atomic mass is 32.2. The second-order valence-electron chi connectivity index (χ2n) is 5.04. The van der Waals surface area contributed by atoms with Crippen LogP contribution in [-0.4, -0.2) is 30.3 Å². The molecular weight excluding hydrogens is 304 g/mol. The Kier molecular flexibility index (Phi) is 7.46. The summed E-state index contributed by atoms with van der Waals surface area (Å²) in [7, 11) is 0. The molecule has 0 amide bonds. The topological polar surface area (TPSA) is 49.3 Å². The van der Waals surface area contributed by atoms with Gasteiger partial charge in [-0.1, -0.05) is 18.2 Å². The number of nitrogens with one attached hydrogen (secondary N) is 2. The highest BCUT2D eigenvalue weighted by molar-refractivity contribution is 7.98. The van der Waals surface area contributed by atoms with Crippen LogP contribution in [0.2, 0.25) is 0 Å². The maximum Gasteiger partial charge on any atom is 0.191 e. The Bertz CT molecular complexity index is 596. The van der Waals surface area contributed by atoms with Gasteiger partial charge in [0.2, 0.25) is 0 Å². The van der Waals surface area contributed by atoms with Crippen LogP contribution < -0.4 is 10.6 Å². The highest BCUT2D eigenvalue weighted by Gasteiger charge is 1.99. The molecule has 2 aromatic rings. The molecule has 2 rings (SSSR count). The number of rotatable bonds is 7. The molecule has 4 nitrogen and oxygen atoms in total. The Morgan fingerprint density at radius 1 is 1.13 bits per heavy atom. The van der Waals surface area contributed by atoms with Crippen molar-refractivity contribution in [1.82, 2.24) is 15.6 Å². The van der Waals surface area contributed by atoms with E-state index < -0.39 is 0 Å². The largest absolute Gasteiger partial charge is 0.357 e. The summed E-state index contributed by atoms with van der Waals surface area (Å²) < 4.78 is 0. The van der Waals surface area contributed by atoms with Crippen molar-refractivity contribution in [2.75, 3.05) is 19.3 Å². The van der Waals surface area contributed by atoms with E-state index in [1.807, 2.05) is 24.4 Å². The smallest absolute Gasteiger partial charge is 0.191 e. The van der Waals surface area contributed by atoms with Crippen molar-refractivity contribution < 1.29 is 0 Å². The minimum atomic E-state index is 0.674. The van der Waals surface area contributed by atoms with Crippen LogP contribution in [0.4, 0.5) is 0 Å². The fourth-order valence-electron chi connectivity index (χ4n) is 2.10. The van der Waals surface area contributed by atoms with Crippen molar-refractivity contribution in [3.63, 3.8) is 0 Å². The van der Waals surface area contributed by atoms with E-state index >= 15 is 0 Å². The first kappa shape index (κ1) is 17.3. The number of thioether (sulfide) groups is 1. The maximum atomic E-state index is 4.64. The minimum absolute atomic E-state index is 0.674. The van der Waals surface area contributed by atoms with Gasteiger partial charge in [0.25, 0.3) is 0 Å². The molecule has 0 bridgehead atoms. The average molecular weight is 328 g/mol. The fourth-order valence-corrected chi connectivity index (χ4v) is 2.51. The Hall–Kier alpha value is -2.01. The molecule has 23 heavy (non-hydrogen) atoms. The molecule has 1 aromatic heterocycles. The van der Waals surface area contributed by atoms with Crippen molar-refractivity contribution in [2.24, 2.45) is 4.99 Å². The van der Waals surface area contributed by atoms with Gasteiger partial charge in [-0.05, 0) is 43.0 Å². The zero-order chi connectivity index (χ0) is 16.3. The monoisotopic (exact) mass is 328 g/mol. The number of hydrogen-bond donors (Lipinski definition) is 2. The zero-order valence-corrected chi connectivity index (χ0v) is 14.6. The van der Waals surface area contributed by atoms with E-state index in [0.717, 1.165) is 31.2 Å². The second-order valence-corrected chi connectivity index (χ2v) is 5.92. The molecule has 5 heteroatoms. The number of benzene rings is 1. The predicted molar refractivity (Wildman–Crippen MR) is 99.0 cm³/mol. The van der Waals surface area contributed by atoms with E-state index in [2.05, 4.69) is 58.1 Å². The van der Waals surface area contributed by atoms with Gasteiger partial charge in [-0.2, -0.15) is 0 Å². The van der Waals surface area contributed by atoms with Gasteiger partial charge in [0.1, 0.15) is 0 Å². The number of pyridine rings is 1. The first-order valence-electron chi connectivity index (χ1n) is 7.87. The SMILES string of the molecule is CCNC(=NCc1ccc(SC)cc1)NCCc1ccccn1. The summed E-state index contributed by atoms with van der Waals surface area (Å²) >= 11 is 1.75. The summed E-state index contributed by atoms with van der Waals surface area (Å²) in [5.74, 6) is 0.845. The third kappa shape index (κ3) is 6.32. The quantitative estimate of drug-likeness (QED) is 0.466. The first-order chi connectivity index (χ1) is 11.3. The van der Waals surface area contributed by atoms with E-state index in [1.165, 1.54) is 10.5 Å². The molecule has 0 aliphatic carbocycles. The lowest BCUT2D eigenvalue weighted by Crippen LogP contribution is -2.38. The highest BCUT2D eigenvalue weighted by Crippen LogP contribution is 2.15. The third-order valence-corrected chi connectivity index (χ3v) is 4.07. The average Bonchev–Trinajstić information content (AvgIpc) is 2.61. The molecule has 0 unspecified atom stereocenters. The van der Waals surface area contributed by atoms with Gasteiger partial charge in [-0.15, -0.1) is 11.8 Å². The summed E-state index contributed by atoms with van der Waals surface area (Å²) in [6.45, 7) is 4.41. The van der Waals surface area contributed by atoms with Crippen molar-refractivity contribution >= 4 is 17.7 Å². The Balaban J connectivity index is 1.86. The molecule has 2 N–H and O–H groups in total. The fraction of sp³-hybridized carbons (Fsp3) is 0.333. The number of aliphatic imine (C=N–C) groups is 1. The van der Waals surface area contributed by atoms with Crippen molar-refractivity contribution in [2.45, 2.75) is 24.8 Å². The van der Waals surface area contributed by atoms with Gasteiger partial charge >= 0.3 is 0 Å². The van der Waals surface area contributed by atoms with Crippen LogP contribution in [0.1, 0.15) is 18.2 Å². The zero-order valence-electron chi connectivity index (χ0n) is 13.7. The van der Waals surface area contributed by atoms with Crippen LogP contribution in [0, 0.1) is 0 Å². The van der Waals surface area contributed by atoms with E-state index in [1.54, 1.807) is 11.8 Å². The summed E-state index contributed by atoms with van der Waals surface area (Å²) in [5, 5.41) is 6.63. The molecule has 0 fully saturated rings. The van der Waals surface area contributed by atoms with Gasteiger partial charge < -0.3 is 10.6 Å². The summed E-state index contributed by atoms with van der Waals surface area (Å²) in [4.78, 5) is 10.2. The lowest BCUT2D eigenvalue weighted by Gasteiger charge is -2.11. The van der Waals surface area contributed by atoms with Crippen molar-refractivity contribution in [1.29, 1.82) is 0 Å². The van der Waals surface area contributed by atoms with Crippen LogP contribution in [0.15, 0.2) is 58.5 Å². The van der Waals surface area contributed by atoms with Gasteiger partial charge in [0.05, 0.1) is 6.54 Å². The molecule has 0 aliphatic heterocycles. The van der Waals surface area contributed by atoms with E-state index in [-0.39, 0.29) is 0 Å². The van der Waals surface area contributed by atoms with E-state index in [0.29, 0.717) is 6.54 Å². The number of guanidine groups is 1. The second kappa shape index (κ2) is 9.90. The van der Waals surface area contributed by atoms with Crippen LogP contribution in [0.5, 0.6) is 0 Å². The number of nitrogens with zero attached hydrogens (tertiary/aromatic N) is 2. The Morgan fingerprint density at radius 2 is 1.96 bits per heavy atom. The van der Waals surface area contributed by atoms with Crippen molar-refractivity contribution in [3.05, 3.63) is 59.9 Å². The van der Waals surface area contributed by atoms with Crippen LogP contribution >= 0.6 is 11.8 Å². The molecule has 0 atom stereocenters. The number of aromatic nitrogens is 1. The van der Waals surface area contributed by atoms with E-state index in [9.17, 15) is 0 Å². The summed E-state index contributed by atoms with van der Waals surface area (Å²) in [5.41, 5.74) is 2.30. The van der Waals surface area contributed by atoms with E-state index in [4.69, 9.17) is 0 Å². The van der Waals surface area contributed by atoms with Crippen LogP contribution in [0.25, 0.3) is 0 Å². The van der Waals surface area contributed by atoms with Crippen molar-refractivity contribution in [3.8, 4) is 0 Å². The van der Waals surface area contributed by atoms with Gasteiger partial charge in [0.15, 0.2) is 5.96 Å². The lowest BCUT2D eigenvalue weighted by atomic mass is 10.2. The molecular formula is C18H24N4S. The normalized spacial score (nSPS) is 11.3. The number of hydrogen-bond acceptors (Lipinski definition) is 3. The molecule has 1 aromatic carbocycles.